The van der Waals surface area contributed by atoms with Gasteiger partial charge in [0.2, 0.25) is 0 Å². The van der Waals surface area contributed by atoms with E-state index < -0.39 is 7.29 Å². The van der Waals surface area contributed by atoms with E-state index >= 15 is 0 Å². The molecule has 0 fully saturated rings. The van der Waals surface area contributed by atoms with E-state index in [1.165, 1.54) is 0 Å². The van der Waals surface area contributed by atoms with Crippen LogP contribution in [-0.2, 0) is 4.57 Å². The number of benzene rings is 1. The normalized spacial score (nSPS) is 14.1. The van der Waals surface area contributed by atoms with Crippen LogP contribution in [0.1, 0.15) is 30.7 Å². The van der Waals surface area contributed by atoms with Crippen LogP contribution in [0, 0.1) is 13.8 Å². The smallest absolute Gasteiger partial charge is 0.173 e. The van der Waals surface area contributed by atoms with Crippen molar-refractivity contribution in [2.45, 2.75) is 27.7 Å². The number of nitrogens with zero attached hydrogens (tertiary/aromatic N) is 2. The molecule has 1 aromatic carbocycles. The van der Waals surface area contributed by atoms with Crippen molar-refractivity contribution in [1.29, 1.82) is 0 Å². The van der Waals surface area contributed by atoms with Crippen LogP contribution in [-0.4, -0.2) is 34.3 Å². The van der Waals surface area contributed by atoms with E-state index in [0.29, 0.717) is 25.1 Å². The Morgan fingerprint density at radius 1 is 1.23 bits per heavy atom. The first-order valence-corrected chi connectivity index (χ1v) is 10.6. The summed E-state index contributed by atoms with van der Waals surface area (Å²) in [5, 5.41) is 16.9. The van der Waals surface area contributed by atoms with E-state index in [1.54, 1.807) is 18.5 Å². The Bertz CT molecular complexity index is 819. The predicted molar refractivity (Wildman–Crippen MR) is 108 cm³/mol. The molecule has 0 aliphatic heterocycles. The van der Waals surface area contributed by atoms with Crippen molar-refractivity contribution in [3.05, 3.63) is 52.7 Å². The van der Waals surface area contributed by atoms with E-state index in [0.717, 1.165) is 22.1 Å². The molecule has 6 nitrogen and oxygen atoms in total. The first-order chi connectivity index (χ1) is 12.4. The molecule has 0 radical (unpaired) electrons. The molecule has 0 aliphatic carbocycles. The van der Waals surface area contributed by atoms with E-state index in [2.05, 4.69) is 20.4 Å². The average molecular weight is 374 g/mol. The van der Waals surface area contributed by atoms with Crippen LogP contribution in [0.25, 0.3) is 6.08 Å². The number of nitrogens with one attached hydrogen (secondary N) is 2. The third-order valence-electron chi connectivity index (χ3n) is 4.11. The molecule has 2 rings (SSSR count). The molecule has 1 heterocycles. The zero-order chi connectivity index (χ0) is 19.2. The Morgan fingerprint density at radius 3 is 2.58 bits per heavy atom. The summed E-state index contributed by atoms with van der Waals surface area (Å²) in [6.45, 7) is 8.62. The van der Waals surface area contributed by atoms with Gasteiger partial charge in [0.15, 0.2) is 7.29 Å². The standard InChI is InChI=1S/C19H27N4O2P/c1-5-23-26(25,6-2)17(10-16-7-8-18(24)14(3)9-16)12-22-19-13-20-15(4)11-21-19/h7-11,13,24H,5-6,12H2,1-4H3,(H,21,22)(H,23,25)/b17-10-. The Balaban J connectivity index is 2.34. The van der Waals surface area contributed by atoms with Gasteiger partial charge in [-0.15, -0.1) is 0 Å². The Hall–Kier alpha value is -2.17. The summed E-state index contributed by atoms with van der Waals surface area (Å²) in [5.41, 5.74) is 2.53. The molecule has 26 heavy (non-hydrogen) atoms. The maximum absolute atomic E-state index is 13.4. The molecular weight excluding hydrogens is 347 g/mol. The van der Waals surface area contributed by atoms with Gasteiger partial charge in [0.25, 0.3) is 0 Å². The van der Waals surface area contributed by atoms with Crippen LogP contribution in [0.3, 0.4) is 0 Å². The predicted octanol–water partition coefficient (Wildman–Crippen LogP) is 4.16. The van der Waals surface area contributed by atoms with E-state index in [-0.39, 0.29) is 5.75 Å². The molecule has 0 spiro atoms. The highest BCUT2D eigenvalue weighted by atomic mass is 31.2. The quantitative estimate of drug-likeness (QED) is 0.602. The van der Waals surface area contributed by atoms with Gasteiger partial charge in [-0.05, 0) is 49.7 Å². The van der Waals surface area contributed by atoms with Gasteiger partial charge in [-0.1, -0.05) is 19.9 Å². The molecule has 7 heteroatoms. The molecule has 0 bridgehead atoms. The molecule has 1 aromatic heterocycles. The van der Waals surface area contributed by atoms with Gasteiger partial charge in [0.05, 0.1) is 18.1 Å². The largest absolute Gasteiger partial charge is 0.508 e. The number of phenolic OH excluding ortho intramolecular Hbond substituents is 1. The summed E-state index contributed by atoms with van der Waals surface area (Å²) in [5.74, 6) is 0.893. The zero-order valence-electron chi connectivity index (χ0n) is 15.8. The number of hydrogen-bond acceptors (Lipinski definition) is 5. The second-order valence-electron chi connectivity index (χ2n) is 6.15. The zero-order valence-corrected chi connectivity index (χ0v) is 16.7. The number of aryl methyl sites for hydroxylation is 2. The third-order valence-corrected chi connectivity index (χ3v) is 7.04. The monoisotopic (exact) mass is 374 g/mol. The third kappa shape index (κ3) is 5.16. The summed E-state index contributed by atoms with van der Waals surface area (Å²) in [4.78, 5) is 8.52. The van der Waals surface area contributed by atoms with Crippen molar-refractivity contribution in [3.63, 3.8) is 0 Å². The Morgan fingerprint density at radius 2 is 2.00 bits per heavy atom. The molecule has 1 atom stereocenters. The van der Waals surface area contributed by atoms with Crippen molar-refractivity contribution >= 4 is 19.2 Å². The molecule has 0 amide bonds. The SMILES string of the molecule is CCNP(=O)(CC)/C(=C\c1ccc(O)c(C)c1)CNc1cnc(C)cn1. The van der Waals surface area contributed by atoms with Gasteiger partial charge in [0.1, 0.15) is 11.6 Å². The van der Waals surface area contributed by atoms with Crippen molar-refractivity contribution in [1.82, 2.24) is 15.1 Å². The number of anilines is 1. The van der Waals surface area contributed by atoms with Crippen LogP contribution >= 0.6 is 7.29 Å². The van der Waals surface area contributed by atoms with Gasteiger partial charge in [-0.2, -0.15) is 0 Å². The average Bonchev–Trinajstić information content (AvgIpc) is 2.63. The van der Waals surface area contributed by atoms with Crippen molar-refractivity contribution in [2.75, 3.05) is 24.6 Å². The molecule has 140 valence electrons. The maximum Gasteiger partial charge on any atom is 0.173 e. The highest BCUT2D eigenvalue weighted by molar-refractivity contribution is 7.66. The summed E-state index contributed by atoms with van der Waals surface area (Å²) >= 11 is 0. The maximum atomic E-state index is 13.4. The van der Waals surface area contributed by atoms with Crippen LogP contribution < -0.4 is 10.4 Å². The Kier molecular flexibility index (Phi) is 6.95. The highest BCUT2D eigenvalue weighted by Gasteiger charge is 2.24. The van der Waals surface area contributed by atoms with Gasteiger partial charge in [0, 0.05) is 18.0 Å². The fourth-order valence-corrected chi connectivity index (χ4v) is 4.62. The number of aromatic hydroxyl groups is 1. The van der Waals surface area contributed by atoms with Gasteiger partial charge < -0.3 is 15.0 Å². The van der Waals surface area contributed by atoms with Crippen molar-refractivity contribution in [3.8, 4) is 5.75 Å². The molecule has 3 N–H and O–H groups in total. The minimum absolute atomic E-state index is 0.252. The van der Waals surface area contributed by atoms with Gasteiger partial charge >= 0.3 is 0 Å². The fraction of sp³-hybridized carbons (Fsp3) is 0.368. The molecule has 1 unspecified atom stereocenters. The number of aromatic nitrogens is 2. The van der Waals surface area contributed by atoms with Gasteiger partial charge in [-0.3, -0.25) is 10.1 Å². The van der Waals surface area contributed by atoms with Crippen LogP contribution in [0.15, 0.2) is 35.9 Å². The summed E-state index contributed by atoms with van der Waals surface area (Å²) in [7, 11) is -2.71. The van der Waals surface area contributed by atoms with Crippen molar-refractivity contribution in [2.24, 2.45) is 0 Å². The number of hydrogen-bond donors (Lipinski definition) is 3. The molecular formula is C19H27N4O2P. The fourth-order valence-electron chi connectivity index (χ4n) is 2.58. The van der Waals surface area contributed by atoms with Crippen LogP contribution in [0.4, 0.5) is 5.82 Å². The summed E-state index contributed by atoms with van der Waals surface area (Å²) < 4.78 is 13.4. The topological polar surface area (TPSA) is 87.1 Å². The summed E-state index contributed by atoms with van der Waals surface area (Å²) in [6.07, 6.45) is 5.81. The van der Waals surface area contributed by atoms with Gasteiger partial charge in [-0.25, -0.2) is 4.98 Å². The molecule has 0 aliphatic rings. The highest BCUT2D eigenvalue weighted by Crippen LogP contribution is 2.50. The number of rotatable bonds is 8. The lowest BCUT2D eigenvalue weighted by Gasteiger charge is -2.21. The van der Waals surface area contributed by atoms with E-state index in [4.69, 9.17) is 0 Å². The lowest BCUT2D eigenvalue weighted by Crippen LogP contribution is -2.17. The second-order valence-corrected chi connectivity index (χ2v) is 9.15. The Labute approximate surface area is 155 Å². The second kappa shape index (κ2) is 8.97. The lowest BCUT2D eigenvalue weighted by atomic mass is 10.1. The summed E-state index contributed by atoms with van der Waals surface area (Å²) in [6, 6.07) is 5.36. The van der Waals surface area contributed by atoms with Crippen molar-refractivity contribution < 1.29 is 9.67 Å². The van der Waals surface area contributed by atoms with Crippen LogP contribution in [0.2, 0.25) is 0 Å². The van der Waals surface area contributed by atoms with E-state index in [9.17, 15) is 9.67 Å². The minimum atomic E-state index is -2.71. The number of phenols is 1. The molecule has 0 saturated carbocycles. The minimum Gasteiger partial charge on any atom is -0.508 e. The first kappa shape index (κ1) is 20.1. The van der Waals surface area contributed by atoms with E-state index in [1.807, 2.05) is 45.9 Å². The molecule has 2 aromatic rings. The lowest BCUT2D eigenvalue weighted by molar-refractivity contribution is 0.471. The molecule has 0 saturated heterocycles. The first-order valence-electron chi connectivity index (χ1n) is 8.75. The van der Waals surface area contributed by atoms with Crippen LogP contribution in [0.5, 0.6) is 5.75 Å².